The number of nitrogens with one attached hydrogen (secondary N) is 1. The summed E-state index contributed by atoms with van der Waals surface area (Å²) < 4.78 is 0. The predicted molar refractivity (Wildman–Crippen MR) is 65.5 cm³/mol. The Bertz CT molecular complexity index is 485. The molecule has 0 atom stereocenters. The number of nitriles is 1. The fourth-order valence-electron chi connectivity index (χ4n) is 1.39. The second kappa shape index (κ2) is 5.29. The van der Waals surface area contributed by atoms with Crippen molar-refractivity contribution >= 4 is 17.0 Å². The Labute approximate surface area is 98.4 Å². The van der Waals surface area contributed by atoms with E-state index in [-0.39, 0.29) is 0 Å². The Kier molecular flexibility index (Phi) is 3.52. The van der Waals surface area contributed by atoms with Gasteiger partial charge in [0.05, 0.1) is 0 Å². The van der Waals surface area contributed by atoms with Crippen LogP contribution in [-0.2, 0) is 6.42 Å². The molecule has 1 N–H and O–H groups in total. The predicted octanol–water partition coefficient (Wildman–Crippen LogP) is 2.67. The maximum absolute atomic E-state index is 8.70. The molecular weight excluding hydrogens is 218 g/mol. The van der Waals surface area contributed by atoms with Gasteiger partial charge in [0.25, 0.3) is 0 Å². The maximum Gasteiger partial charge on any atom is 0.142 e. The van der Waals surface area contributed by atoms with Gasteiger partial charge in [-0.1, -0.05) is 6.07 Å². The van der Waals surface area contributed by atoms with Crippen molar-refractivity contribution in [1.29, 1.82) is 5.26 Å². The van der Waals surface area contributed by atoms with E-state index in [4.69, 9.17) is 5.26 Å². The number of nitrogens with zero attached hydrogens (tertiary/aromatic N) is 2. The summed E-state index contributed by atoms with van der Waals surface area (Å²) in [5.41, 5.74) is 1.39. The van der Waals surface area contributed by atoms with E-state index < -0.39 is 0 Å². The van der Waals surface area contributed by atoms with E-state index >= 15 is 0 Å². The fourth-order valence-corrected chi connectivity index (χ4v) is 2.10. The lowest BCUT2D eigenvalue weighted by molar-refractivity contribution is 1.04. The molecule has 0 radical (unpaired) electrons. The molecule has 0 saturated carbocycles. The smallest absolute Gasteiger partial charge is 0.142 e. The van der Waals surface area contributed by atoms with Crippen LogP contribution in [0.2, 0.25) is 0 Å². The summed E-state index contributed by atoms with van der Waals surface area (Å²) in [5.74, 6) is 0. The largest absolute Gasteiger partial charge is 0.385 e. The molecule has 4 heteroatoms. The van der Waals surface area contributed by atoms with Gasteiger partial charge in [-0.2, -0.15) is 5.26 Å². The SMILES string of the molecule is N#Cc1cc(NCCc2cccs2)ccn1. The molecule has 80 valence electrons. The first-order valence-corrected chi connectivity index (χ1v) is 5.89. The van der Waals surface area contributed by atoms with Gasteiger partial charge in [0.1, 0.15) is 11.8 Å². The first-order chi connectivity index (χ1) is 7.88. The molecule has 0 aromatic carbocycles. The van der Waals surface area contributed by atoms with Gasteiger partial charge in [-0.05, 0) is 30.0 Å². The fraction of sp³-hybridized carbons (Fsp3) is 0.167. The van der Waals surface area contributed by atoms with E-state index in [1.165, 1.54) is 4.88 Å². The monoisotopic (exact) mass is 229 g/mol. The summed E-state index contributed by atoms with van der Waals surface area (Å²) in [6.07, 6.45) is 2.65. The Balaban J connectivity index is 1.88. The van der Waals surface area contributed by atoms with Crippen LogP contribution in [0.25, 0.3) is 0 Å². The molecule has 0 bridgehead atoms. The minimum Gasteiger partial charge on any atom is -0.385 e. The number of aromatic nitrogens is 1. The molecule has 0 unspecified atom stereocenters. The number of hydrogen-bond donors (Lipinski definition) is 1. The van der Waals surface area contributed by atoms with Crippen LogP contribution in [0.1, 0.15) is 10.6 Å². The van der Waals surface area contributed by atoms with E-state index in [0.29, 0.717) is 5.69 Å². The highest BCUT2D eigenvalue weighted by Crippen LogP contribution is 2.11. The van der Waals surface area contributed by atoms with Crippen LogP contribution in [0.15, 0.2) is 35.8 Å². The molecule has 0 aliphatic heterocycles. The Morgan fingerprint density at radius 1 is 1.44 bits per heavy atom. The molecule has 2 rings (SSSR count). The zero-order valence-corrected chi connectivity index (χ0v) is 9.50. The second-order valence-electron chi connectivity index (χ2n) is 3.30. The minimum absolute atomic E-state index is 0.445. The molecule has 0 spiro atoms. The second-order valence-corrected chi connectivity index (χ2v) is 4.33. The zero-order valence-electron chi connectivity index (χ0n) is 8.68. The summed E-state index contributed by atoms with van der Waals surface area (Å²) in [4.78, 5) is 5.28. The van der Waals surface area contributed by atoms with Gasteiger partial charge < -0.3 is 5.32 Å². The molecule has 3 nitrogen and oxygen atoms in total. The molecule has 0 fully saturated rings. The van der Waals surface area contributed by atoms with Crippen molar-refractivity contribution in [2.75, 3.05) is 11.9 Å². The molecule has 2 aromatic rings. The van der Waals surface area contributed by atoms with E-state index in [9.17, 15) is 0 Å². The van der Waals surface area contributed by atoms with Crippen molar-refractivity contribution in [3.8, 4) is 6.07 Å². The molecule has 0 aliphatic rings. The summed E-state index contributed by atoms with van der Waals surface area (Å²) >= 11 is 1.76. The van der Waals surface area contributed by atoms with Crippen molar-refractivity contribution in [3.63, 3.8) is 0 Å². The third kappa shape index (κ3) is 2.81. The number of hydrogen-bond acceptors (Lipinski definition) is 4. The summed E-state index contributed by atoms with van der Waals surface area (Å²) in [7, 11) is 0. The highest BCUT2D eigenvalue weighted by Gasteiger charge is 1.96. The lowest BCUT2D eigenvalue weighted by atomic mass is 10.3. The van der Waals surface area contributed by atoms with Gasteiger partial charge in [-0.25, -0.2) is 4.98 Å². The summed E-state index contributed by atoms with van der Waals surface area (Å²) in [6, 6.07) is 9.83. The average molecular weight is 229 g/mol. The Morgan fingerprint density at radius 3 is 3.12 bits per heavy atom. The number of anilines is 1. The summed E-state index contributed by atoms with van der Waals surface area (Å²) in [5, 5.41) is 14.1. The van der Waals surface area contributed by atoms with Gasteiger partial charge in [0.2, 0.25) is 0 Å². The molecule has 2 aromatic heterocycles. The minimum atomic E-state index is 0.445. The van der Waals surface area contributed by atoms with Gasteiger partial charge in [0, 0.05) is 23.3 Å². The summed E-state index contributed by atoms with van der Waals surface area (Å²) in [6.45, 7) is 0.870. The van der Waals surface area contributed by atoms with Crippen LogP contribution in [0.3, 0.4) is 0 Å². The van der Waals surface area contributed by atoms with Crippen molar-refractivity contribution in [2.45, 2.75) is 6.42 Å². The molecule has 0 aliphatic carbocycles. The first kappa shape index (κ1) is 10.7. The van der Waals surface area contributed by atoms with Crippen molar-refractivity contribution in [3.05, 3.63) is 46.4 Å². The first-order valence-electron chi connectivity index (χ1n) is 5.01. The van der Waals surface area contributed by atoms with Crippen molar-refractivity contribution < 1.29 is 0 Å². The van der Waals surface area contributed by atoms with Gasteiger partial charge in [0.15, 0.2) is 0 Å². The van der Waals surface area contributed by atoms with Gasteiger partial charge in [-0.3, -0.25) is 0 Å². The lowest BCUT2D eigenvalue weighted by Crippen LogP contribution is -2.04. The maximum atomic E-state index is 8.70. The molecule has 16 heavy (non-hydrogen) atoms. The van der Waals surface area contributed by atoms with Crippen LogP contribution >= 0.6 is 11.3 Å². The quantitative estimate of drug-likeness (QED) is 0.876. The Morgan fingerprint density at radius 2 is 2.38 bits per heavy atom. The van der Waals surface area contributed by atoms with Crippen LogP contribution in [0, 0.1) is 11.3 Å². The number of pyridine rings is 1. The van der Waals surface area contributed by atoms with Gasteiger partial charge in [-0.15, -0.1) is 11.3 Å². The molecular formula is C12H11N3S. The zero-order chi connectivity index (χ0) is 11.2. The van der Waals surface area contributed by atoms with Crippen molar-refractivity contribution in [2.24, 2.45) is 0 Å². The van der Waals surface area contributed by atoms with Crippen LogP contribution in [0.4, 0.5) is 5.69 Å². The molecule has 0 saturated heterocycles. The van der Waals surface area contributed by atoms with Gasteiger partial charge >= 0.3 is 0 Å². The normalized spacial score (nSPS) is 9.69. The van der Waals surface area contributed by atoms with E-state index in [1.807, 2.05) is 12.1 Å². The van der Waals surface area contributed by atoms with Crippen LogP contribution in [-0.4, -0.2) is 11.5 Å². The highest BCUT2D eigenvalue weighted by molar-refractivity contribution is 7.09. The van der Waals surface area contributed by atoms with E-state index in [1.54, 1.807) is 23.6 Å². The topological polar surface area (TPSA) is 48.7 Å². The average Bonchev–Trinajstić information content (AvgIpc) is 2.82. The Hall–Kier alpha value is -1.86. The van der Waals surface area contributed by atoms with E-state index in [0.717, 1.165) is 18.7 Å². The number of rotatable bonds is 4. The third-order valence-electron chi connectivity index (χ3n) is 2.16. The highest BCUT2D eigenvalue weighted by atomic mass is 32.1. The van der Waals surface area contributed by atoms with Crippen molar-refractivity contribution in [1.82, 2.24) is 4.98 Å². The number of thiophene rings is 1. The molecule has 0 amide bonds. The van der Waals surface area contributed by atoms with Crippen LogP contribution < -0.4 is 5.32 Å². The third-order valence-corrected chi connectivity index (χ3v) is 3.09. The van der Waals surface area contributed by atoms with Crippen LogP contribution in [0.5, 0.6) is 0 Å². The standard InChI is InChI=1S/C12H11N3S/c13-9-11-8-10(3-5-15-11)14-6-4-12-2-1-7-16-12/h1-3,5,7-8H,4,6H2,(H,14,15). The lowest BCUT2D eigenvalue weighted by Gasteiger charge is -2.04. The molecule has 2 heterocycles. The van der Waals surface area contributed by atoms with E-state index in [2.05, 4.69) is 27.8 Å².